The highest BCUT2D eigenvalue weighted by atomic mass is 32.3. The highest BCUT2D eigenvalue weighted by Gasteiger charge is 2.49. The van der Waals surface area contributed by atoms with E-state index < -0.39 is 32.8 Å². The third-order valence-electron chi connectivity index (χ3n) is 5.77. The van der Waals surface area contributed by atoms with Crippen molar-refractivity contribution < 1.29 is 23.0 Å². The van der Waals surface area contributed by atoms with Crippen molar-refractivity contribution in [1.82, 2.24) is 14.6 Å². The molecule has 182 valence electrons. The number of amides is 1. The molecule has 2 aromatic rings. The molecule has 0 radical (unpaired) electrons. The number of anilines is 1. The minimum absolute atomic E-state index is 0.00383. The number of hydrogen-bond acceptors (Lipinski definition) is 7. The van der Waals surface area contributed by atoms with Crippen LogP contribution in [0.5, 0.6) is 5.75 Å². The van der Waals surface area contributed by atoms with E-state index in [9.17, 15) is 18.3 Å². The number of hydrogen-bond donors (Lipinski definition) is 5. The number of carbonyl (C=O) groups is 1. The standard InChI is InChI=1S/C23H28FN5O4S/c1-6-11-33-16-8-10-19(26-13-16)20(30)27-15-7-9-18(24)17(12-15)23(4)14-29(5)34(31,32)22(2,3)21(25)28-23/h1,7-10,12-13,31-32H,11,14H2,2-5H3,(H2,25,28)(H,27,30)/t23-/m0/s1. The molecule has 1 atom stereocenters. The number of rotatable bonds is 5. The summed E-state index contributed by atoms with van der Waals surface area (Å²) >= 11 is 0. The van der Waals surface area contributed by atoms with Gasteiger partial charge in [0.1, 0.15) is 34.5 Å². The van der Waals surface area contributed by atoms with Gasteiger partial charge in [-0.2, -0.15) is 0 Å². The van der Waals surface area contributed by atoms with Crippen molar-refractivity contribution in [3.05, 3.63) is 53.6 Å². The SMILES string of the molecule is C#CCOc1ccc(C(=O)Nc2ccc(F)c([C@]3(C)CN(C)S(O)(O)C(C)(C)C(=N)N3)c2)nc1. The summed E-state index contributed by atoms with van der Waals surface area (Å²) in [6.07, 6.45) is 6.52. The van der Waals surface area contributed by atoms with E-state index in [0.29, 0.717) is 11.4 Å². The molecule has 2 heterocycles. The third kappa shape index (κ3) is 4.71. The molecule has 1 saturated heterocycles. The normalized spacial score (nSPS) is 22.6. The number of benzene rings is 1. The molecule has 1 aromatic carbocycles. The van der Waals surface area contributed by atoms with Gasteiger partial charge < -0.3 is 15.4 Å². The molecule has 1 aromatic heterocycles. The molecule has 0 bridgehead atoms. The van der Waals surface area contributed by atoms with Crippen molar-refractivity contribution in [1.29, 1.82) is 5.41 Å². The zero-order valence-electron chi connectivity index (χ0n) is 19.3. The quantitative estimate of drug-likeness (QED) is 0.405. The lowest BCUT2D eigenvalue weighted by Gasteiger charge is -2.49. The largest absolute Gasteiger partial charge is 0.479 e. The summed E-state index contributed by atoms with van der Waals surface area (Å²) in [5, 5.41) is 14.1. The predicted octanol–water partition coefficient (Wildman–Crippen LogP) is 3.66. The molecule has 3 rings (SSSR count). The van der Waals surface area contributed by atoms with Gasteiger partial charge in [0.2, 0.25) is 0 Å². The van der Waals surface area contributed by atoms with Gasteiger partial charge in [-0.1, -0.05) is 5.92 Å². The molecule has 34 heavy (non-hydrogen) atoms. The fourth-order valence-corrected chi connectivity index (χ4v) is 5.17. The van der Waals surface area contributed by atoms with Crippen molar-refractivity contribution in [2.24, 2.45) is 0 Å². The van der Waals surface area contributed by atoms with Gasteiger partial charge >= 0.3 is 0 Å². The smallest absolute Gasteiger partial charge is 0.274 e. The first-order valence-electron chi connectivity index (χ1n) is 10.3. The van der Waals surface area contributed by atoms with Crippen molar-refractivity contribution in [3.8, 4) is 18.1 Å². The maximum absolute atomic E-state index is 15.0. The molecule has 0 unspecified atom stereocenters. The van der Waals surface area contributed by atoms with E-state index in [1.54, 1.807) is 26.8 Å². The Morgan fingerprint density at radius 1 is 1.38 bits per heavy atom. The summed E-state index contributed by atoms with van der Waals surface area (Å²) in [7, 11) is -1.85. The molecule has 0 spiro atoms. The molecule has 1 aliphatic rings. The number of nitrogens with one attached hydrogen (secondary N) is 3. The van der Waals surface area contributed by atoms with Gasteiger partial charge in [-0.15, -0.1) is 17.2 Å². The summed E-state index contributed by atoms with van der Waals surface area (Å²) in [5.41, 5.74) is -0.610. The molecular formula is C23H28FN5O4S. The number of terminal acetylenes is 1. The fourth-order valence-electron chi connectivity index (χ4n) is 3.63. The van der Waals surface area contributed by atoms with E-state index in [2.05, 4.69) is 21.5 Å². The van der Waals surface area contributed by atoms with Crippen LogP contribution in [0.15, 0.2) is 36.5 Å². The van der Waals surface area contributed by atoms with Gasteiger partial charge in [-0.25, -0.2) is 13.7 Å². The van der Waals surface area contributed by atoms with Gasteiger partial charge in [0, 0.05) is 24.8 Å². The van der Waals surface area contributed by atoms with Crippen LogP contribution in [0.2, 0.25) is 0 Å². The van der Waals surface area contributed by atoms with E-state index in [0.717, 1.165) is 0 Å². The Morgan fingerprint density at radius 2 is 2.09 bits per heavy atom. The van der Waals surface area contributed by atoms with E-state index in [1.165, 1.54) is 41.8 Å². The van der Waals surface area contributed by atoms with E-state index in [4.69, 9.17) is 16.6 Å². The van der Waals surface area contributed by atoms with Crippen LogP contribution in [-0.4, -0.2) is 55.1 Å². The Kier molecular flexibility index (Phi) is 6.91. The number of carbonyl (C=O) groups excluding carboxylic acids is 1. The van der Waals surface area contributed by atoms with Crippen LogP contribution in [0.25, 0.3) is 0 Å². The van der Waals surface area contributed by atoms with Crippen molar-refractivity contribution >= 4 is 28.2 Å². The lowest BCUT2D eigenvalue weighted by molar-refractivity contribution is 0.102. The number of likely N-dealkylation sites (N-methyl/N-ethyl adjacent to an activating group) is 1. The maximum atomic E-state index is 15.0. The molecule has 1 fully saturated rings. The summed E-state index contributed by atoms with van der Waals surface area (Å²) in [6, 6.07) is 7.11. The average Bonchev–Trinajstić information content (AvgIpc) is 2.82. The van der Waals surface area contributed by atoms with Crippen LogP contribution in [-0.2, 0) is 5.54 Å². The van der Waals surface area contributed by atoms with Gasteiger partial charge in [0.25, 0.3) is 5.91 Å². The summed E-state index contributed by atoms with van der Waals surface area (Å²) < 4.78 is 41.7. The van der Waals surface area contributed by atoms with E-state index in [-0.39, 0.29) is 30.2 Å². The van der Waals surface area contributed by atoms with Crippen LogP contribution in [0, 0.1) is 23.6 Å². The lowest BCUT2D eigenvalue weighted by Crippen LogP contribution is -2.51. The van der Waals surface area contributed by atoms with E-state index in [1.807, 2.05) is 0 Å². The second kappa shape index (κ2) is 9.23. The Labute approximate surface area is 199 Å². The minimum Gasteiger partial charge on any atom is -0.479 e. The summed E-state index contributed by atoms with van der Waals surface area (Å²) in [6.45, 7) is 4.83. The van der Waals surface area contributed by atoms with Crippen LogP contribution < -0.4 is 15.4 Å². The first kappa shape index (κ1) is 25.5. The van der Waals surface area contributed by atoms with Crippen LogP contribution in [0.3, 0.4) is 0 Å². The Hall–Kier alpha value is -3.17. The average molecular weight is 490 g/mol. The fraction of sp³-hybridized carbons (Fsp3) is 0.348. The topological polar surface area (TPSA) is 131 Å². The number of amidine groups is 1. The number of pyridine rings is 1. The summed E-state index contributed by atoms with van der Waals surface area (Å²) in [4.78, 5) is 16.7. The monoisotopic (exact) mass is 489 g/mol. The predicted molar refractivity (Wildman–Crippen MR) is 131 cm³/mol. The number of nitrogens with zero attached hydrogens (tertiary/aromatic N) is 2. The Morgan fingerprint density at radius 3 is 2.71 bits per heavy atom. The molecule has 1 amide bonds. The molecule has 5 N–H and O–H groups in total. The van der Waals surface area contributed by atoms with Crippen LogP contribution in [0.4, 0.5) is 10.1 Å². The first-order valence-corrected chi connectivity index (χ1v) is 11.8. The highest BCUT2D eigenvalue weighted by molar-refractivity contribution is 8.24. The molecule has 0 aliphatic carbocycles. The van der Waals surface area contributed by atoms with Crippen molar-refractivity contribution in [2.75, 3.05) is 25.5 Å². The number of halogens is 1. The molecule has 11 heteroatoms. The minimum atomic E-state index is -3.37. The molecule has 1 aliphatic heterocycles. The van der Waals surface area contributed by atoms with Gasteiger partial charge in [-0.3, -0.25) is 19.3 Å². The Balaban J connectivity index is 1.88. The second-order valence-electron chi connectivity index (χ2n) is 8.67. The molecule has 0 saturated carbocycles. The zero-order chi connectivity index (χ0) is 25.3. The van der Waals surface area contributed by atoms with Gasteiger partial charge in [0.05, 0.1) is 11.7 Å². The lowest BCUT2D eigenvalue weighted by atomic mass is 9.90. The molecular weight excluding hydrogens is 461 g/mol. The van der Waals surface area contributed by atoms with E-state index >= 15 is 0 Å². The van der Waals surface area contributed by atoms with Gasteiger partial charge in [0.15, 0.2) is 0 Å². The first-order chi connectivity index (χ1) is 15.8. The van der Waals surface area contributed by atoms with Crippen LogP contribution >= 0.6 is 10.8 Å². The highest BCUT2D eigenvalue weighted by Crippen LogP contribution is 2.57. The Bertz CT molecular complexity index is 1150. The zero-order valence-corrected chi connectivity index (χ0v) is 20.2. The van der Waals surface area contributed by atoms with Crippen molar-refractivity contribution in [2.45, 2.75) is 31.1 Å². The van der Waals surface area contributed by atoms with Crippen molar-refractivity contribution in [3.63, 3.8) is 0 Å². The second-order valence-corrected chi connectivity index (χ2v) is 11.3. The number of aromatic nitrogens is 1. The molecule has 9 nitrogen and oxygen atoms in total. The number of ether oxygens (including phenoxy) is 1. The summed E-state index contributed by atoms with van der Waals surface area (Å²) in [5.74, 6) is 1.54. The maximum Gasteiger partial charge on any atom is 0.274 e. The van der Waals surface area contributed by atoms with Crippen LogP contribution in [0.1, 0.15) is 36.8 Å². The third-order valence-corrected chi connectivity index (χ3v) is 8.34. The van der Waals surface area contributed by atoms with Gasteiger partial charge in [-0.05, 0) is 51.1 Å².